The molecular formula is C26H23N3O3. The van der Waals surface area contributed by atoms with Crippen LogP contribution < -0.4 is 10.6 Å². The fourth-order valence-electron chi connectivity index (χ4n) is 4.15. The second-order valence-electron chi connectivity index (χ2n) is 8.08. The Morgan fingerprint density at radius 2 is 1.88 bits per heavy atom. The number of hydrogen-bond acceptors (Lipinski definition) is 4. The van der Waals surface area contributed by atoms with Gasteiger partial charge in [0, 0.05) is 40.9 Å². The number of carbonyl (C=O) groups excluding carboxylic acids is 2. The van der Waals surface area contributed by atoms with E-state index in [-0.39, 0.29) is 17.5 Å². The van der Waals surface area contributed by atoms with Gasteiger partial charge in [-0.15, -0.1) is 0 Å². The Bertz CT molecular complexity index is 1330. The summed E-state index contributed by atoms with van der Waals surface area (Å²) >= 11 is 0. The van der Waals surface area contributed by atoms with Crippen molar-refractivity contribution in [1.29, 1.82) is 0 Å². The Morgan fingerprint density at radius 1 is 1.03 bits per heavy atom. The lowest BCUT2D eigenvalue weighted by Gasteiger charge is -2.19. The Kier molecular flexibility index (Phi) is 4.90. The van der Waals surface area contributed by atoms with Crippen molar-refractivity contribution in [3.63, 3.8) is 0 Å². The molecule has 0 radical (unpaired) electrons. The molecule has 0 aliphatic carbocycles. The maximum absolute atomic E-state index is 13.6. The van der Waals surface area contributed by atoms with Gasteiger partial charge in [0.05, 0.1) is 6.26 Å². The number of amides is 1. The molecule has 1 atom stereocenters. The monoisotopic (exact) mass is 425 g/mol. The third-order valence-electron chi connectivity index (χ3n) is 5.91. The number of carbonyl (C=O) groups is 2. The fraction of sp³-hybridized carbons (Fsp3) is 0.154. The quantitative estimate of drug-likeness (QED) is 0.432. The highest BCUT2D eigenvalue weighted by Gasteiger charge is 2.28. The summed E-state index contributed by atoms with van der Waals surface area (Å²) in [5, 5.41) is 6.31. The van der Waals surface area contributed by atoms with Crippen LogP contribution in [0.3, 0.4) is 0 Å². The topological polar surface area (TPSA) is 76.3 Å². The highest BCUT2D eigenvalue weighted by molar-refractivity contribution is 6.05. The normalized spacial score (nSPS) is 14.6. The van der Waals surface area contributed by atoms with E-state index >= 15 is 0 Å². The van der Waals surface area contributed by atoms with Crippen LogP contribution >= 0.6 is 0 Å². The molecule has 0 spiro atoms. The first-order valence-corrected chi connectivity index (χ1v) is 10.5. The van der Waals surface area contributed by atoms with Crippen molar-refractivity contribution < 1.29 is 14.0 Å². The van der Waals surface area contributed by atoms with Gasteiger partial charge in [-0.1, -0.05) is 18.2 Å². The predicted molar refractivity (Wildman–Crippen MR) is 123 cm³/mol. The number of anilines is 2. The number of hydrogen-bond donors (Lipinski definition) is 2. The van der Waals surface area contributed by atoms with E-state index in [1.165, 1.54) is 6.26 Å². The van der Waals surface area contributed by atoms with Crippen LogP contribution in [0.15, 0.2) is 77.5 Å². The molecule has 6 nitrogen and oxygen atoms in total. The van der Waals surface area contributed by atoms with Crippen LogP contribution in [-0.4, -0.2) is 16.3 Å². The van der Waals surface area contributed by atoms with Crippen molar-refractivity contribution in [2.45, 2.75) is 26.4 Å². The van der Waals surface area contributed by atoms with Crippen molar-refractivity contribution in [1.82, 2.24) is 4.57 Å². The van der Waals surface area contributed by atoms with Crippen LogP contribution in [0.5, 0.6) is 0 Å². The van der Waals surface area contributed by atoms with Gasteiger partial charge in [0.1, 0.15) is 6.04 Å². The number of benzene rings is 2. The number of fused-ring (bicyclic) bond motifs is 2. The molecule has 3 heterocycles. The number of Topliss-reactive ketones (excluding diaryl/α,β-unsaturated/α-hetero) is 1. The summed E-state index contributed by atoms with van der Waals surface area (Å²) in [6, 6.07) is 18.6. The number of aryl methyl sites for hydroxylation is 2. The van der Waals surface area contributed by atoms with Gasteiger partial charge in [-0.25, -0.2) is 0 Å². The third-order valence-corrected chi connectivity index (χ3v) is 5.91. The van der Waals surface area contributed by atoms with E-state index in [0.717, 1.165) is 28.1 Å². The number of nitrogens with zero attached hydrogens (tertiary/aromatic N) is 1. The second-order valence-corrected chi connectivity index (χ2v) is 8.08. The van der Waals surface area contributed by atoms with Crippen molar-refractivity contribution in [3.05, 3.63) is 107 Å². The van der Waals surface area contributed by atoms with Gasteiger partial charge < -0.3 is 19.6 Å². The second kappa shape index (κ2) is 7.89. The minimum atomic E-state index is -0.501. The van der Waals surface area contributed by atoms with Crippen LogP contribution in [0.2, 0.25) is 0 Å². The minimum absolute atomic E-state index is 0.0236. The average molecular weight is 425 g/mol. The SMILES string of the molecule is Cc1cc(C(=O)C2Nc3ccccc3Cn3cccc32)ccc1NC(=O)c1occc1C. The first-order chi connectivity index (χ1) is 15.5. The standard InChI is InChI=1S/C26H23N3O3/c1-16-11-13-32-25(16)26(31)28-20-10-9-18(14-17(20)2)24(30)23-22-8-5-12-29(22)15-19-6-3-4-7-21(19)27-23/h3-14,23,27H,15H2,1-2H3,(H,28,31). The summed E-state index contributed by atoms with van der Waals surface area (Å²) in [5.74, 6) is -0.0503. The van der Waals surface area contributed by atoms with Gasteiger partial charge >= 0.3 is 0 Å². The molecule has 2 aromatic heterocycles. The number of para-hydroxylation sites is 1. The van der Waals surface area contributed by atoms with E-state index in [2.05, 4.69) is 21.3 Å². The smallest absolute Gasteiger partial charge is 0.291 e. The molecule has 1 aliphatic rings. The van der Waals surface area contributed by atoms with Crippen LogP contribution in [-0.2, 0) is 6.54 Å². The summed E-state index contributed by atoms with van der Waals surface area (Å²) in [4.78, 5) is 26.1. The molecule has 1 aliphatic heterocycles. The van der Waals surface area contributed by atoms with Gasteiger partial charge in [-0.2, -0.15) is 0 Å². The summed E-state index contributed by atoms with van der Waals surface area (Å²) in [7, 11) is 0. The highest BCUT2D eigenvalue weighted by Crippen LogP contribution is 2.31. The molecule has 6 heteroatoms. The van der Waals surface area contributed by atoms with Crippen LogP contribution in [0.25, 0.3) is 0 Å². The lowest BCUT2D eigenvalue weighted by Crippen LogP contribution is -2.22. The van der Waals surface area contributed by atoms with Gasteiger partial charge in [0.25, 0.3) is 5.91 Å². The van der Waals surface area contributed by atoms with Gasteiger partial charge in [-0.05, 0) is 67.4 Å². The first-order valence-electron chi connectivity index (χ1n) is 10.5. The Morgan fingerprint density at radius 3 is 2.66 bits per heavy atom. The molecule has 0 bridgehead atoms. The molecule has 32 heavy (non-hydrogen) atoms. The van der Waals surface area contributed by atoms with Gasteiger partial charge in [0.2, 0.25) is 0 Å². The van der Waals surface area contributed by atoms with Crippen molar-refractivity contribution in [3.8, 4) is 0 Å². The Hall–Kier alpha value is -4.06. The molecule has 0 fully saturated rings. The molecule has 2 N–H and O–H groups in total. The first kappa shape index (κ1) is 19.9. The number of rotatable bonds is 4. The molecule has 1 amide bonds. The van der Waals surface area contributed by atoms with Crippen LogP contribution in [0.1, 0.15) is 49.3 Å². The van der Waals surface area contributed by atoms with E-state index in [4.69, 9.17) is 4.42 Å². The van der Waals surface area contributed by atoms with E-state index in [1.807, 2.05) is 56.4 Å². The molecule has 4 aromatic rings. The highest BCUT2D eigenvalue weighted by atomic mass is 16.3. The van der Waals surface area contributed by atoms with E-state index in [0.29, 0.717) is 17.8 Å². The lowest BCUT2D eigenvalue weighted by atomic mass is 9.99. The number of aromatic nitrogens is 1. The number of furan rings is 1. The lowest BCUT2D eigenvalue weighted by molar-refractivity contribution is 0.0966. The largest absolute Gasteiger partial charge is 0.459 e. The Labute approximate surface area is 185 Å². The number of nitrogens with one attached hydrogen (secondary N) is 2. The summed E-state index contributed by atoms with van der Waals surface area (Å²) < 4.78 is 7.37. The van der Waals surface area contributed by atoms with Crippen molar-refractivity contribution in [2.24, 2.45) is 0 Å². The molecule has 1 unspecified atom stereocenters. The maximum Gasteiger partial charge on any atom is 0.291 e. The van der Waals surface area contributed by atoms with Crippen molar-refractivity contribution >= 4 is 23.1 Å². The summed E-state index contributed by atoms with van der Waals surface area (Å²) in [6.45, 7) is 4.41. The third kappa shape index (κ3) is 3.50. The van der Waals surface area contributed by atoms with E-state index in [1.54, 1.807) is 18.2 Å². The maximum atomic E-state index is 13.6. The zero-order valence-corrected chi connectivity index (χ0v) is 17.9. The van der Waals surface area contributed by atoms with E-state index < -0.39 is 6.04 Å². The zero-order valence-electron chi connectivity index (χ0n) is 17.9. The molecule has 5 rings (SSSR count). The average Bonchev–Trinajstić information content (AvgIpc) is 3.39. The van der Waals surface area contributed by atoms with E-state index in [9.17, 15) is 9.59 Å². The van der Waals surface area contributed by atoms with Crippen LogP contribution in [0, 0.1) is 13.8 Å². The summed E-state index contributed by atoms with van der Waals surface area (Å²) in [5.41, 5.74) is 5.83. The molecular weight excluding hydrogens is 402 g/mol. The zero-order chi connectivity index (χ0) is 22.2. The fourth-order valence-corrected chi connectivity index (χ4v) is 4.15. The predicted octanol–water partition coefficient (Wildman–Crippen LogP) is 5.35. The Balaban J connectivity index is 1.43. The minimum Gasteiger partial charge on any atom is -0.459 e. The van der Waals surface area contributed by atoms with Gasteiger partial charge in [0.15, 0.2) is 11.5 Å². The summed E-state index contributed by atoms with van der Waals surface area (Å²) in [6.07, 6.45) is 3.49. The molecule has 160 valence electrons. The number of ketones is 1. The van der Waals surface area contributed by atoms with Crippen molar-refractivity contribution in [2.75, 3.05) is 10.6 Å². The molecule has 0 saturated heterocycles. The van der Waals surface area contributed by atoms with Gasteiger partial charge in [-0.3, -0.25) is 9.59 Å². The molecule has 0 saturated carbocycles. The van der Waals surface area contributed by atoms with Crippen LogP contribution in [0.4, 0.5) is 11.4 Å². The molecule has 2 aromatic carbocycles.